The largest absolute Gasteiger partial charge is 0.367 e. The van der Waals surface area contributed by atoms with E-state index in [1.54, 1.807) is 0 Å². The normalized spacial score (nSPS) is 17.8. The molecule has 2 aromatic rings. The summed E-state index contributed by atoms with van der Waals surface area (Å²) in [4.78, 5) is 0. The molecule has 0 saturated heterocycles. The maximum atomic E-state index is 6.02. The Labute approximate surface area is 113 Å². The van der Waals surface area contributed by atoms with E-state index in [0.717, 1.165) is 29.7 Å². The predicted octanol–water partition coefficient (Wildman–Crippen LogP) is 4.06. The molecule has 1 fully saturated rings. The average molecular weight is 256 g/mol. The summed E-state index contributed by atoms with van der Waals surface area (Å²) < 4.78 is 5.30. The van der Waals surface area contributed by atoms with Crippen molar-refractivity contribution < 1.29 is 4.52 Å². The number of aryl methyl sites for hydroxylation is 1. The molecule has 0 spiro atoms. The quantitative estimate of drug-likeness (QED) is 0.881. The molecule has 1 aliphatic carbocycles. The Morgan fingerprint density at radius 3 is 2.68 bits per heavy atom. The summed E-state index contributed by atoms with van der Waals surface area (Å²) in [5, 5.41) is 4.28. The molecule has 1 heterocycles. The Bertz CT molecular complexity index is 595. The van der Waals surface area contributed by atoms with Crippen LogP contribution in [0.4, 0.5) is 5.88 Å². The number of nitrogen functional groups attached to an aromatic ring is 1. The van der Waals surface area contributed by atoms with Crippen LogP contribution in [0.3, 0.4) is 0 Å². The number of anilines is 1. The van der Waals surface area contributed by atoms with Gasteiger partial charge in [0.1, 0.15) is 0 Å². The van der Waals surface area contributed by atoms with Crippen molar-refractivity contribution in [2.24, 2.45) is 0 Å². The van der Waals surface area contributed by atoms with Gasteiger partial charge in [-0.2, -0.15) is 0 Å². The molecule has 3 nitrogen and oxygen atoms in total. The van der Waals surface area contributed by atoms with E-state index >= 15 is 0 Å². The summed E-state index contributed by atoms with van der Waals surface area (Å²) in [6, 6.07) is 8.37. The number of rotatable bonds is 2. The summed E-state index contributed by atoms with van der Waals surface area (Å²) in [6.45, 7) is 4.36. The zero-order valence-electron chi connectivity index (χ0n) is 11.6. The van der Waals surface area contributed by atoms with Crippen LogP contribution >= 0.6 is 0 Å². The molecule has 100 valence electrons. The molecular formula is C16H20N2O. The highest BCUT2D eigenvalue weighted by molar-refractivity contribution is 5.76. The number of aromatic nitrogens is 1. The average Bonchev–Trinajstić information content (AvgIpc) is 2.97. The van der Waals surface area contributed by atoms with E-state index in [-0.39, 0.29) is 5.41 Å². The van der Waals surface area contributed by atoms with Gasteiger partial charge >= 0.3 is 0 Å². The Morgan fingerprint density at radius 2 is 2.00 bits per heavy atom. The number of benzene rings is 1. The maximum absolute atomic E-state index is 6.02. The SMILES string of the molecule is Cc1cccc(-c2c(C3(C)CCCC3)noc2N)c1. The minimum Gasteiger partial charge on any atom is -0.367 e. The van der Waals surface area contributed by atoms with E-state index in [9.17, 15) is 0 Å². The zero-order valence-corrected chi connectivity index (χ0v) is 11.6. The van der Waals surface area contributed by atoms with Crippen LogP contribution in [0.25, 0.3) is 11.1 Å². The summed E-state index contributed by atoms with van der Waals surface area (Å²) >= 11 is 0. The highest BCUT2D eigenvalue weighted by Crippen LogP contribution is 2.45. The van der Waals surface area contributed by atoms with Gasteiger partial charge in [-0.15, -0.1) is 0 Å². The van der Waals surface area contributed by atoms with Gasteiger partial charge in [-0.1, -0.05) is 54.8 Å². The Hall–Kier alpha value is -1.77. The maximum Gasteiger partial charge on any atom is 0.230 e. The Kier molecular flexibility index (Phi) is 2.85. The monoisotopic (exact) mass is 256 g/mol. The van der Waals surface area contributed by atoms with E-state index < -0.39 is 0 Å². The first kappa shape index (κ1) is 12.3. The molecule has 1 aliphatic rings. The van der Waals surface area contributed by atoms with Crippen LogP contribution in [0.5, 0.6) is 0 Å². The Balaban J connectivity index is 2.13. The smallest absolute Gasteiger partial charge is 0.230 e. The van der Waals surface area contributed by atoms with Gasteiger partial charge in [-0.25, -0.2) is 0 Å². The third-order valence-electron chi connectivity index (χ3n) is 4.30. The molecule has 0 radical (unpaired) electrons. The van der Waals surface area contributed by atoms with Crippen molar-refractivity contribution in [1.82, 2.24) is 5.16 Å². The number of hydrogen-bond donors (Lipinski definition) is 1. The second-order valence-corrected chi connectivity index (χ2v) is 5.91. The van der Waals surface area contributed by atoms with Gasteiger partial charge in [-0.3, -0.25) is 0 Å². The molecule has 19 heavy (non-hydrogen) atoms. The van der Waals surface area contributed by atoms with E-state index in [1.165, 1.54) is 18.4 Å². The summed E-state index contributed by atoms with van der Waals surface area (Å²) in [6.07, 6.45) is 4.85. The van der Waals surface area contributed by atoms with Gasteiger partial charge in [0.15, 0.2) is 0 Å². The molecule has 3 rings (SSSR count). The van der Waals surface area contributed by atoms with E-state index in [4.69, 9.17) is 10.3 Å². The fourth-order valence-electron chi connectivity index (χ4n) is 3.19. The first-order chi connectivity index (χ1) is 9.10. The van der Waals surface area contributed by atoms with E-state index in [0.29, 0.717) is 5.88 Å². The van der Waals surface area contributed by atoms with Gasteiger partial charge in [0.25, 0.3) is 0 Å². The van der Waals surface area contributed by atoms with Crippen molar-refractivity contribution in [2.75, 3.05) is 5.73 Å². The highest BCUT2D eigenvalue weighted by Gasteiger charge is 2.37. The standard InChI is InChI=1S/C16H20N2O/c1-11-6-5-7-12(10-11)13-14(18-19-15(13)17)16(2)8-3-4-9-16/h5-7,10H,3-4,8-9,17H2,1-2H3. The molecule has 1 aromatic carbocycles. The van der Waals surface area contributed by atoms with Crippen molar-refractivity contribution in [3.63, 3.8) is 0 Å². The van der Waals surface area contributed by atoms with Crippen molar-refractivity contribution in [1.29, 1.82) is 0 Å². The van der Waals surface area contributed by atoms with Gasteiger partial charge in [0.2, 0.25) is 5.88 Å². The topological polar surface area (TPSA) is 52.0 Å². The molecular weight excluding hydrogens is 236 g/mol. The lowest BCUT2D eigenvalue weighted by Crippen LogP contribution is -2.18. The van der Waals surface area contributed by atoms with Crippen LogP contribution in [0.2, 0.25) is 0 Å². The van der Waals surface area contributed by atoms with Crippen LogP contribution in [0.15, 0.2) is 28.8 Å². The van der Waals surface area contributed by atoms with Gasteiger partial charge < -0.3 is 10.3 Å². The summed E-state index contributed by atoms with van der Waals surface area (Å²) in [7, 11) is 0. The van der Waals surface area contributed by atoms with Crippen molar-refractivity contribution in [3.05, 3.63) is 35.5 Å². The van der Waals surface area contributed by atoms with Crippen LogP contribution in [0, 0.1) is 6.92 Å². The third-order valence-corrected chi connectivity index (χ3v) is 4.30. The van der Waals surface area contributed by atoms with Crippen LogP contribution in [-0.4, -0.2) is 5.16 Å². The molecule has 3 heteroatoms. The fourth-order valence-corrected chi connectivity index (χ4v) is 3.19. The first-order valence-electron chi connectivity index (χ1n) is 6.93. The van der Waals surface area contributed by atoms with Crippen LogP contribution < -0.4 is 5.73 Å². The second kappa shape index (κ2) is 4.41. The zero-order chi connectivity index (χ0) is 13.5. The lowest BCUT2D eigenvalue weighted by atomic mass is 9.81. The Morgan fingerprint density at radius 1 is 1.26 bits per heavy atom. The predicted molar refractivity (Wildman–Crippen MR) is 76.9 cm³/mol. The molecule has 1 saturated carbocycles. The lowest BCUT2D eigenvalue weighted by Gasteiger charge is -2.21. The van der Waals surface area contributed by atoms with Gasteiger partial charge in [-0.05, 0) is 25.3 Å². The fraction of sp³-hybridized carbons (Fsp3) is 0.438. The molecule has 1 aromatic heterocycles. The van der Waals surface area contributed by atoms with Gasteiger partial charge in [0, 0.05) is 5.41 Å². The van der Waals surface area contributed by atoms with Crippen molar-refractivity contribution >= 4 is 5.88 Å². The van der Waals surface area contributed by atoms with Crippen LogP contribution in [-0.2, 0) is 5.41 Å². The minimum absolute atomic E-state index is 0.111. The first-order valence-corrected chi connectivity index (χ1v) is 6.93. The lowest BCUT2D eigenvalue weighted by molar-refractivity contribution is 0.386. The van der Waals surface area contributed by atoms with E-state index in [2.05, 4.69) is 43.3 Å². The van der Waals surface area contributed by atoms with Crippen molar-refractivity contribution in [2.45, 2.75) is 44.9 Å². The minimum atomic E-state index is 0.111. The number of hydrogen-bond acceptors (Lipinski definition) is 3. The van der Waals surface area contributed by atoms with Crippen LogP contribution in [0.1, 0.15) is 43.9 Å². The second-order valence-electron chi connectivity index (χ2n) is 5.91. The molecule has 0 atom stereocenters. The molecule has 0 amide bonds. The number of nitrogens with zero attached hydrogens (tertiary/aromatic N) is 1. The third kappa shape index (κ3) is 2.03. The molecule has 0 unspecified atom stereocenters. The van der Waals surface area contributed by atoms with Gasteiger partial charge in [0.05, 0.1) is 11.3 Å². The van der Waals surface area contributed by atoms with Crippen molar-refractivity contribution in [3.8, 4) is 11.1 Å². The summed E-state index contributed by atoms with van der Waals surface area (Å²) in [5.41, 5.74) is 10.5. The molecule has 0 aliphatic heterocycles. The molecule has 2 N–H and O–H groups in total. The highest BCUT2D eigenvalue weighted by atomic mass is 16.5. The molecule has 0 bridgehead atoms. The van der Waals surface area contributed by atoms with E-state index in [1.807, 2.05) is 0 Å². The number of nitrogens with two attached hydrogens (primary N) is 1. The summed E-state index contributed by atoms with van der Waals surface area (Å²) in [5.74, 6) is 0.439.